The molecule has 0 N–H and O–H groups in total. The molecular formula is C56H34N4O2. The van der Waals surface area contributed by atoms with Crippen LogP contribution in [-0.2, 0) is 0 Å². The largest absolute Gasteiger partial charge is 0.455 e. The summed E-state index contributed by atoms with van der Waals surface area (Å²) in [6.07, 6.45) is 3.74. The fourth-order valence-electron chi connectivity index (χ4n) is 8.57. The highest BCUT2D eigenvalue weighted by atomic mass is 16.3. The molecule has 4 heterocycles. The first kappa shape index (κ1) is 35.5. The maximum Gasteiger partial charge on any atom is 0.160 e. The molecule has 12 aromatic rings. The highest BCUT2D eigenvalue weighted by Gasteiger charge is 2.21. The number of hydrogen-bond acceptors (Lipinski definition) is 6. The van der Waals surface area contributed by atoms with Gasteiger partial charge in [0.15, 0.2) is 11.6 Å². The molecule has 0 atom stereocenters. The Hall–Kier alpha value is -8.48. The van der Waals surface area contributed by atoms with E-state index >= 15 is 0 Å². The number of rotatable bonds is 7. The van der Waals surface area contributed by atoms with E-state index in [9.17, 15) is 0 Å². The van der Waals surface area contributed by atoms with Gasteiger partial charge in [-0.25, -0.2) is 19.9 Å². The minimum Gasteiger partial charge on any atom is -0.455 e. The average molecular weight is 795 g/mol. The average Bonchev–Trinajstić information content (AvgIpc) is 3.94. The molecule has 8 aromatic carbocycles. The van der Waals surface area contributed by atoms with Crippen molar-refractivity contribution < 1.29 is 8.83 Å². The monoisotopic (exact) mass is 794 g/mol. The van der Waals surface area contributed by atoms with E-state index in [0.29, 0.717) is 11.6 Å². The van der Waals surface area contributed by atoms with Crippen molar-refractivity contribution in [3.8, 4) is 78.7 Å². The fraction of sp³-hybridized carbons (Fsp3) is 0. The van der Waals surface area contributed by atoms with Gasteiger partial charge in [-0.3, -0.25) is 0 Å². The van der Waals surface area contributed by atoms with Crippen molar-refractivity contribution in [1.82, 2.24) is 19.9 Å². The van der Waals surface area contributed by atoms with Crippen molar-refractivity contribution in [2.24, 2.45) is 0 Å². The van der Waals surface area contributed by atoms with Crippen LogP contribution in [0.4, 0.5) is 0 Å². The van der Waals surface area contributed by atoms with Gasteiger partial charge in [-0.1, -0.05) is 170 Å². The molecule has 0 aliphatic carbocycles. The second kappa shape index (κ2) is 14.7. The Bertz CT molecular complexity index is 3600. The molecular weight excluding hydrogens is 761 g/mol. The van der Waals surface area contributed by atoms with E-state index in [2.05, 4.69) is 119 Å². The second-order valence-electron chi connectivity index (χ2n) is 15.4. The first-order chi connectivity index (χ1) is 30.7. The van der Waals surface area contributed by atoms with Gasteiger partial charge < -0.3 is 8.83 Å². The molecule has 0 aliphatic rings. The molecule has 0 amide bonds. The molecule has 0 radical (unpaired) electrons. The van der Waals surface area contributed by atoms with Gasteiger partial charge in [-0.2, -0.15) is 0 Å². The lowest BCUT2D eigenvalue weighted by atomic mass is 9.93. The summed E-state index contributed by atoms with van der Waals surface area (Å²) in [6, 6.07) is 66.4. The minimum atomic E-state index is 0.638. The lowest BCUT2D eigenvalue weighted by molar-refractivity contribution is 0.665. The van der Waals surface area contributed by atoms with E-state index < -0.39 is 0 Å². The van der Waals surface area contributed by atoms with Crippen molar-refractivity contribution in [3.63, 3.8) is 0 Å². The topological polar surface area (TPSA) is 77.8 Å². The van der Waals surface area contributed by atoms with Crippen molar-refractivity contribution in [1.29, 1.82) is 0 Å². The second-order valence-corrected chi connectivity index (χ2v) is 15.4. The Kier molecular flexibility index (Phi) is 8.38. The zero-order valence-electron chi connectivity index (χ0n) is 33.2. The molecule has 62 heavy (non-hydrogen) atoms. The van der Waals surface area contributed by atoms with Crippen LogP contribution < -0.4 is 0 Å². The number of para-hydroxylation sites is 3. The Morgan fingerprint density at radius 3 is 1.52 bits per heavy atom. The minimum absolute atomic E-state index is 0.638. The zero-order valence-corrected chi connectivity index (χ0v) is 33.2. The zero-order chi connectivity index (χ0) is 41.0. The molecule has 290 valence electrons. The molecule has 0 spiro atoms. The smallest absolute Gasteiger partial charge is 0.160 e. The van der Waals surface area contributed by atoms with E-state index in [4.69, 9.17) is 18.8 Å². The predicted octanol–water partition coefficient (Wildman–Crippen LogP) is 14.7. The molecule has 0 saturated carbocycles. The van der Waals surface area contributed by atoms with Gasteiger partial charge in [0.1, 0.15) is 22.3 Å². The van der Waals surface area contributed by atoms with E-state index in [-0.39, 0.29) is 0 Å². The van der Waals surface area contributed by atoms with Gasteiger partial charge in [0.05, 0.1) is 11.4 Å². The van der Waals surface area contributed by atoms with Crippen LogP contribution in [0.3, 0.4) is 0 Å². The Balaban J connectivity index is 0.920. The quantitative estimate of drug-likeness (QED) is 0.160. The summed E-state index contributed by atoms with van der Waals surface area (Å²) in [7, 11) is 0. The number of furan rings is 2. The third kappa shape index (κ3) is 6.13. The molecule has 6 heteroatoms. The number of benzene rings is 8. The maximum absolute atomic E-state index is 6.71. The predicted molar refractivity (Wildman–Crippen MR) is 250 cm³/mol. The number of fused-ring (bicyclic) bond motifs is 6. The van der Waals surface area contributed by atoms with Crippen LogP contribution in [0.5, 0.6) is 0 Å². The Labute approximate surface area is 356 Å². The van der Waals surface area contributed by atoms with E-state index in [1.54, 1.807) is 0 Å². The number of nitrogens with zero attached hydrogens (tertiary/aromatic N) is 4. The van der Waals surface area contributed by atoms with E-state index in [0.717, 1.165) is 111 Å². The van der Waals surface area contributed by atoms with Crippen LogP contribution >= 0.6 is 0 Å². The Morgan fingerprint density at radius 1 is 0.306 bits per heavy atom. The Morgan fingerprint density at radius 2 is 0.806 bits per heavy atom. The molecule has 12 rings (SSSR count). The molecule has 6 nitrogen and oxygen atoms in total. The highest BCUT2D eigenvalue weighted by Crippen LogP contribution is 2.45. The van der Waals surface area contributed by atoms with Gasteiger partial charge in [0.25, 0.3) is 0 Å². The summed E-state index contributed by atoms with van der Waals surface area (Å²) in [5, 5.41) is 4.31. The van der Waals surface area contributed by atoms with Crippen molar-refractivity contribution >= 4 is 43.9 Å². The lowest BCUT2D eigenvalue weighted by Crippen LogP contribution is -1.96. The van der Waals surface area contributed by atoms with Gasteiger partial charge >= 0.3 is 0 Å². The standard InChI is InChI=1S/C56H34N4O2/c1-3-12-35(13-4-1)41-33-57-55(58-34-41)39-26-28-40(29-27-39)56-59-48(37-14-5-2-6-15-37)32-49(60-56)38-24-22-36(23-25-38)42-30-31-46(54-52(42)47-17-8-10-21-51(47)62-54)45-19-11-18-44-43-16-7-9-20-50(43)61-53(44)45/h1-34H. The van der Waals surface area contributed by atoms with Crippen LogP contribution in [0, 0.1) is 0 Å². The molecule has 0 saturated heterocycles. The summed E-state index contributed by atoms with van der Waals surface area (Å²) in [5.74, 6) is 1.30. The fourth-order valence-corrected chi connectivity index (χ4v) is 8.57. The maximum atomic E-state index is 6.71. The highest BCUT2D eigenvalue weighted by molar-refractivity contribution is 6.18. The first-order valence-electron chi connectivity index (χ1n) is 20.6. The third-order valence-corrected chi connectivity index (χ3v) is 11.7. The normalized spacial score (nSPS) is 11.5. The lowest BCUT2D eigenvalue weighted by Gasteiger charge is -2.11. The number of hydrogen-bond donors (Lipinski definition) is 0. The summed E-state index contributed by atoms with van der Waals surface area (Å²) in [6.45, 7) is 0. The van der Waals surface area contributed by atoms with Crippen LogP contribution in [0.2, 0.25) is 0 Å². The first-order valence-corrected chi connectivity index (χ1v) is 20.6. The SMILES string of the molecule is c1ccc(-c2cnc(-c3ccc(-c4nc(-c5ccccc5)cc(-c5ccc(-c6ccc(-c7cccc8c7oc7ccccc78)c7oc8ccccc8c67)cc5)n4)cc3)nc2)cc1. The van der Waals surface area contributed by atoms with Gasteiger partial charge in [0, 0.05) is 72.9 Å². The summed E-state index contributed by atoms with van der Waals surface area (Å²) in [5.41, 5.74) is 15.1. The molecule has 0 unspecified atom stereocenters. The molecule has 4 aromatic heterocycles. The third-order valence-electron chi connectivity index (χ3n) is 11.7. The van der Waals surface area contributed by atoms with E-state index in [1.807, 2.05) is 97.3 Å². The van der Waals surface area contributed by atoms with E-state index in [1.165, 1.54) is 0 Å². The van der Waals surface area contributed by atoms with Crippen LogP contribution in [0.1, 0.15) is 0 Å². The van der Waals surface area contributed by atoms with Crippen molar-refractivity contribution in [2.75, 3.05) is 0 Å². The van der Waals surface area contributed by atoms with Crippen molar-refractivity contribution in [2.45, 2.75) is 0 Å². The molecule has 0 fully saturated rings. The van der Waals surface area contributed by atoms with Crippen molar-refractivity contribution in [3.05, 3.63) is 207 Å². The molecule has 0 bridgehead atoms. The van der Waals surface area contributed by atoms with Gasteiger partial charge in [0.2, 0.25) is 0 Å². The van der Waals surface area contributed by atoms with Crippen LogP contribution in [0.15, 0.2) is 215 Å². The van der Waals surface area contributed by atoms with Crippen LogP contribution in [-0.4, -0.2) is 19.9 Å². The molecule has 0 aliphatic heterocycles. The number of aromatic nitrogens is 4. The summed E-state index contributed by atoms with van der Waals surface area (Å²) >= 11 is 0. The van der Waals surface area contributed by atoms with Gasteiger partial charge in [-0.15, -0.1) is 0 Å². The van der Waals surface area contributed by atoms with Gasteiger partial charge in [-0.05, 0) is 41.0 Å². The summed E-state index contributed by atoms with van der Waals surface area (Å²) < 4.78 is 13.2. The van der Waals surface area contributed by atoms with Crippen LogP contribution in [0.25, 0.3) is 123 Å². The summed E-state index contributed by atoms with van der Waals surface area (Å²) in [4.78, 5) is 19.6.